The number of rotatable bonds is 6. The molecule has 0 spiro atoms. The highest BCUT2D eigenvalue weighted by atomic mass is 16.5. The molecule has 8 heteroatoms. The van der Waals surface area contributed by atoms with E-state index in [1.165, 1.54) is 12.1 Å². The highest BCUT2D eigenvalue weighted by molar-refractivity contribution is 5.95. The van der Waals surface area contributed by atoms with E-state index >= 15 is 0 Å². The van der Waals surface area contributed by atoms with Crippen LogP contribution in [0.5, 0.6) is 5.75 Å². The predicted molar refractivity (Wildman–Crippen MR) is 93.7 cm³/mol. The van der Waals surface area contributed by atoms with Crippen molar-refractivity contribution in [3.63, 3.8) is 0 Å². The number of ketones is 1. The third-order valence-corrected chi connectivity index (χ3v) is 5.09. The van der Waals surface area contributed by atoms with Gasteiger partial charge in [-0.05, 0) is 24.1 Å². The first-order valence-electron chi connectivity index (χ1n) is 8.84. The lowest BCUT2D eigenvalue weighted by molar-refractivity contribution is -0.129. The van der Waals surface area contributed by atoms with E-state index in [9.17, 15) is 19.8 Å². The summed E-state index contributed by atoms with van der Waals surface area (Å²) in [4.78, 5) is 26.1. The van der Waals surface area contributed by atoms with Crippen LogP contribution in [0, 0.1) is 5.92 Å². The molecular weight excluding hydrogens is 338 g/mol. The number of amides is 1. The van der Waals surface area contributed by atoms with Gasteiger partial charge in [0.2, 0.25) is 0 Å². The minimum absolute atomic E-state index is 0.0300. The highest BCUT2D eigenvalue weighted by Gasteiger charge is 2.35. The van der Waals surface area contributed by atoms with Gasteiger partial charge in [0, 0.05) is 38.7 Å². The molecule has 1 amide bonds. The lowest BCUT2D eigenvalue weighted by atomic mass is 9.94. The lowest BCUT2D eigenvalue weighted by Crippen LogP contribution is -2.57. The zero-order valence-electron chi connectivity index (χ0n) is 14.6. The molecule has 1 aromatic rings. The molecule has 0 aliphatic carbocycles. The molecule has 2 saturated heterocycles. The second kappa shape index (κ2) is 8.13. The van der Waals surface area contributed by atoms with E-state index in [1.807, 2.05) is 4.90 Å². The zero-order valence-corrected chi connectivity index (χ0v) is 14.6. The number of hydrogen-bond acceptors (Lipinski definition) is 7. The van der Waals surface area contributed by atoms with Crippen LogP contribution in [0.15, 0.2) is 18.2 Å². The topological polar surface area (TPSA) is 125 Å². The molecule has 2 fully saturated rings. The number of Topliss-reactive ketones (excluding diaryl/α,β-unsaturated/α-hetero) is 1. The Morgan fingerprint density at radius 1 is 1.42 bits per heavy atom. The molecule has 8 nitrogen and oxygen atoms in total. The van der Waals surface area contributed by atoms with Crippen molar-refractivity contribution in [3.05, 3.63) is 29.3 Å². The monoisotopic (exact) mass is 363 g/mol. The highest BCUT2D eigenvalue weighted by Crippen LogP contribution is 2.25. The van der Waals surface area contributed by atoms with Gasteiger partial charge in [0.1, 0.15) is 5.75 Å². The summed E-state index contributed by atoms with van der Waals surface area (Å²) in [6.45, 7) is 3.26. The van der Waals surface area contributed by atoms with Crippen LogP contribution in [0.4, 0.5) is 0 Å². The number of nitrogens with zero attached hydrogens (tertiary/aromatic N) is 1. The molecule has 142 valence electrons. The van der Waals surface area contributed by atoms with Gasteiger partial charge in [0.05, 0.1) is 24.3 Å². The van der Waals surface area contributed by atoms with Crippen molar-refractivity contribution < 1.29 is 24.5 Å². The van der Waals surface area contributed by atoms with Crippen molar-refractivity contribution in [2.45, 2.75) is 18.6 Å². The van der Waals surface area contributed by atoms with E-state index in [0.29, 0.717) is 31.9 Å². The van der Waals surface area contributed by atoms with E-state index in [2.05, 4.69) is 5.32 Å². The summed E-state index contributed by atoms with van der Waals surface area (Å²) >= 11 is 0. The molecule has 3 atom stereocenters. The number of nitrogens with two attached hydrogens (primary N) is 1. The molecule has 2 aliphatic rings. The maximum Gasteiger partial charge on any atom is 0.252 e. The number of nitrogens with one attached hydrogen (secondary N) is 1. The molecule has 3 rings (SSSR count). The van der Waals surface area contributed by atoms with E-state index in [1.54, 1.807) is 6.07 Å². The predicted octanol–water partition coefficient (Wildman–Crippen LogP) is -0.596. The second-order valence-corrected chi connectivity index (χ2v) is 6.83. The summed E-state index contributed by atoms with van der Waals surface area (Å²) in [5, 5.41) is 23.5. The van der Waals surface area contributed by atoms with Crippen molar-refractivity contribution in [3.8, 4) is 5.75 Å². The third kappa shape index (κ3) is 4.04. The number of carbonyl (C=O) groups is 2. The first-order chi connectivity index (χ1) is 12.5. The first-order valence-corrected chi connectivity index (χ1v) is 8.84. The van der Waals surface area contributed by atoms with Crippen molar-refractivity contribution in [2.75, 3.05) is 39.4 Å². The Balaban J connectivity index is 1.72. The molecule has 2 heterocycles. The molecule has 2 aliphatic heterocycles. The number of β-amino-alcohol motifs (C(OH)–C–C–N with tert-alkyl or cyclic N) is 1. The Hall–Kier alpha value is -2.00. The normalized spacial score (nSPS) is 25.1. The van der Waals surface area contributed by atoms with E-state index < -0.39 is 12.0 Å². The lowest BCUT2D eigenvalue weighted by Gasteiger charge is -2.37. The number of aliphatic hydroxyl groups is 1. The summed E-state index contributed by atoms with van der Waals surface area (Å²) in [7, 11) is 0. The van der Waals surface area contributed by atoms with Crippen LogP contribution in [0.2, 0.25) is 0 Å². The Kier molecular flexibility index (Phi) is 5.87. The SMILES string of the molecule is NC(=O)c1cc(C(O)CN2CCNCC2C(=O)C2CCOC2)ccc1O. The molecule has 0 saturated carbocycles. The largest absolute Gasteiger partial charge is 0.507 e. The van der Waals surface area contributed by atoms with Gasteiger partial charge in [-0.3, -0.25) is 14.5 Å². The van der Waals surface area contributed by atoms with Gasteiger partial charge in [-0.25, -0.2) is 0 Å². The summed E-state index contributed by atoms with van der Waals surface area (Å²) < 4.78 is 5.32. The fourth-order valence-electron chi connectivity index (χ4n) is 3.56. The Bertz CT molecular complexity index is 675. The molecule has 0 aromatic heterocycles. The van der Waals surface area contributed by atoms with Crippen molar-refractivity contribution in [2.24, 2.45) is 11.7 Å². The van der Waals surface area contributed by atoms with E-state index in [4.69, 9.17) is 10.5 Å². The molecule has 3 unspecified atom stereocenters. The van der Waals surface area contributed by atoms with Gasteiger partial charge in [-0.1, -0.05) is 6.07 Å². The van der Waals surface area contributed by atoms with Gasteiger partial charge in [-0.15, -0.1) is 0 Å². The number of primary amides is 1. The fourth-order valence-corrected chi connectivity index (χ4v) is 3.56. The molecule has 26 heavy (non-hydrogen) atoms. The number of benzene rings is 1. The number of hydrogen-bond donors (Lipinski definition) is 4. The number of piperazine rings is 1. The summed E-state index contributed by atoms with van der Waals surface area (Å²) in [5.41, 5.74) is 5.69. The van der Waals surface area contributed by atoms with Gasteiger partial charge in [-0.2, -0.15) is 0 Å². The molecule has 5 N–H and O–H groups in total. The molecular formula is C18H25N3O5. The summed E-state index contributed by atoms with van der Waals surface area (Å²) in [6.07, 6.45) is -0.159. The van der Waals surface area contributed by atoms with Gasteiger partial charge < -0.3 is 26.0 Å². The van der Waals surface area contributed by atoms with Crippen LogP contribution < -0.4 is 11.1 Å². The maximum atomic E-state index is 12.8. The first kappa shape index (κ1) is 18.8. The van der Waals surface area contributed by atoms with Crippen molar-refractivity contribution in [1.29, 1.82) is 0 Å². The van der Waals surface area contributed by atoms with Crippen LogP contribution in [0.1, 0.15) is 28.4 Å². The smallest absolute Gasteiger partial charge is 0.252 e. The minimum Gasteiger partial charge on any atom is -0.507 e. The van der Waals surface area contributed by atoms with Crippen LogP contribution in [0.25, 0.3) is 0 Å². The Labute approximate surface area is 151 Å². The fraction of sp³-hybridized carbons (Fsp3) is 0.556. The Morgan fingerprint density at radius 2 is 2.23 bits per heavy atom. The standard InChI is InChI=1S/C18H25N3O5/c19-18(25)13-7-11(1-2-15(13)22)16(23)9-21-5-4-20-8-14(21)17(24)12-3-6-26-10-12/h1-2,7,12,14,16,20,22-23H,3-6,8-10H2,(H2,19,25). The third-order valence-electron chi connectivity index (χ3n) is 5.09. The van der Waals surface area contributed by atoms with E-state index in [0.717, 1.165) is 13.0 Å². The summed E-state index contributed by atoms with van der Waals surface area (Å²) in [5.74, 6) is -0.918. The number of aromatic hydroxyl groups is 1. The average Bonchev–Trinajstić information content (AvgIpc) is 3.16. The quantitative estimate of drug-likeness (QED) is 0.532. The number of carbonyl (C=O) groups excluding carboxylic acids is 2. The second-order valence-electron chi connectivity index (χ2n) is 6.83. The van der Waals surface area contributed by atoms with Crippen LogP contribution in [-0.4, -0.2) is 72.2 Å². The molecule has 0 radical (unpaired) electrons. The van der Waals surface area contributed by atoms with Crippen LogP contribution in [0.3, 0.4) is 0 Å². The van der Waals surface area contributed by atoms with Crippen molar-refractivity contribution in [1.82, 2.24) is 10.2 Å². The number of aliphatic hydroxyl groups excluding tert-OH is 1. The summed E-state index contributed by atoms with van der Waals surface area (Å²) in [6, 6.07) is 3.98. The number of ether oxygens (including phenoxy) is 1. The average molecular weight is 363 g/mol. The maximum absolute atomic E-state index is 12.8. The molecule has 0 bridgehead atoms. The van der Waals surface area contributed by atoms with Gasteiger partial charge >= 0.3 is 0 Å². The minimum atomic E-state index is -0.901. The van der Waals surface area contributed by atoms with Gasteiger partial charge in [0.25, 0.3) is 5.91 Å². The van der Waals surface area contributed by atoms with Crippen LogP contribution in [-0.2, 0) is 9.53 Å². The van der Waals surface area contributed by atoms with Gasteiger partial charge in [0.15, 0.2) is 5.78 Å². The van der Waals surface area contributed by atoms with Crippen LogP contribution >= 0.6 is 0 Å². The zero-order chi connectivity index (χ0) is 18.7. The Morgan fingerprint density at radius 3 is 2.92 bits per heavy atom. The van der Waals surface area contributed by atoms with Crippen molar-refractivity contribution >= 4 is 11.7 Å². The number of phenols is 1. The molecule has 1 aromatic carbocycles. The van der Waals surface area contributed by atoms with E-state index in [-0.39, 0.29) is 35.6 Å².